The van der Waals surface area contributed by atoms with Crippen LogP contribution < -0.4 is 9.47 Å². The average Bonchev–Trinajstić information content (AvgIpc) is 3.16. The van der Waals surface area contributed by atoms with Crippen molar-refractivity contribution in [3.63, 3.8) is 0 Å². The fourth-order valence-electron chi connectivity index (χ4n) is 4.42. The van der Waals surface area contributed by atoms with Crippen molar-refractivity contribution in [3.8, 4) is 11.5 Å². The highest BCUT2D eigenvalue weighted by Crippen LogP contribution is 2.45. The highest BCUT2D eigenvalue weighted by atomic mass is 16.8. The fourth-order valence-corrected chi connectivity index (χ4v) is 4.42. The molecule has 1 N–H and O–H groups in total. The Morgan fingerprint density at radius 2 is 1.55 bits per heavy atom. The van der Waals surface area contributed by atoms with Crippen molar-refractivity contribution in [2.24, 2.45) is 0 Å². The second kappa shape index (κ2) is 7.80. The molecule has 2 aliphatic heterocycles. The van der Waals surface area contributed by atoms with Gasteiger partial charge in [-0.25, -0.2) is 0 Å². The molecule has 0 radical (unpaired) electrons. The third kappa shape index (κ3) is 3.55. The van der Waals surface area contributed by atoms with E-state index in [-0.39, 0.29) is 0 Å². The Kier molecular flexibility index (Phi) is 5.10. The molecule has 2 fully saturated rings. The Labute approximate surface area is 181 Å². The SMILES string of the molecule is COc1ccc(O[C@@H]2O[C@@H](C)[C@H](O)[C@H]3O[C@@](C)(c4cccc5ccccc45)O[C@@H]23)cc1. The van der Waals surface area contributed by atoms with Crippen LogP contribution in [0.3, 0.4) is 0 Å². The van der Waals surface area contributed by atoms with Gasteiger partial charge in [0.05, 0.1) is 13.2 Å². The number of hydrogen-bond acceptors (Lipinski definition) is 6. The molecule has 162 valence electrons. The quantitative estimate of drug-likeness (QED) is 0.686. The number of fused-ring (bicyclic) bond motifs is 2. The van der Waals surface area contributed by atoms with Gasteiger partial charge < -0.3 is 28.8 Å². The summed E-state index contributed by atoms with van der Waals surface area (Å²) in [5.41, 5.74) is 0.906. The largest absolute Gasteiger partial charge is 0.497 e. The van der Waals surface area contributed by atoms with Gasteiger partial charge in [-0.1, -0.05) is 42.5 Å². The van der Waals surface area contributed by atoms with Gasteiger partial charge in [-0.3, -0.25) is 0 Å². The summed E-state index contributed by atoms with van der Waals surface area (Å²) in [6.45, 7) is 3.69. The molecule has 2 aliphatic rings. The first-order chi connectivity index (χ1) is 15.0. The normalized spacial score (nSPS) is 32.6. The maximum absolute atomic E-state index is 10.8. The van der Waals surface area contributed by atoms with E-state index in [1.807, 2.05) is 68.4 Å². The zero-order valence-corrected chi connectivity index (χ0v) is 17.7. The lowest BCUT2D eigenvalue weighted by atomic mass is 9.99. The molecule has 0 saturated carbocycles. The van der Waals surface area contributed by atoms with Crippen LogP contribution in [-0.2, 0) is 20.0 Å². The number of benzene rings is 3. The van der Waals surface area contributed by atoms with E-state index >= 15 is 0 Å². The van der Waals surface area contributed by atoms with Crippen LogP contribution in [0.5, 0.6) is 11.5 Å². The van der Waals surface area contributed by atoms with Crippen LogP contribution in [0.2, 0.25) is 0 Å². The number of hydrogen-bond donors (Lipinski definition) is 1. The van der Waals surface area contributed by atoms with E-state index in [0.717, 1.165) is 22.1 Å². The van der Waals surface area contributed by atoms with Crippen LogP contribution in [0.4, 0.5) is 0 Å². The van der Waals surface area contributed by atoms with E-state index in [2.05, 4.69) is 12.1 Å². The summed E-state index contributed by atoms with van der Waals surface area (Å²) in [4.78, 5) is 0. The maximum Gasteiger partial charge on any atom is 0.229 e. The van der Waals surface area contributed by atoms with Gasteiger partial charge in [0.25, 0.3) is 0 Å². The molecule has 0 unspecified atom stereocenters. The van der Waals surface area contributed by atoms with E-state index in [4.69, 9.17) is 23.7 Å². The Morgan fingerprint density at radius 3 is 2.32 bits per heavy atom. The van der Waals surface area contributed by atoms with Crippen molar-refractivity contribution in [2.45, 2.75) is 50.3 Å². The number of methoxy groups -OCH3 is 1. The number of aliphatic hydroxyl groups excluding tert-OH is 1. The van der Waals surface area contributed by atoms with Gasteiger partial charge in [-0.05, 0) is 48.9 Å². The van der Waals surface area contributed by atoms with Crippen molar-refractivity contribution in [2.75, 3.05) is 7.11 Å². The third-order valence-electron chi connectivity index (χ3n) is 6.07. The molecule has 31 heavy (non-hydrogen) atoms. The number of rotatable bonds is 4. The van der Waals surface area contributed by atoms with E-state index in [1.54, 1.807) is 7.11 Å². The average molecular weight is 422 g/mol. The van der Waals surface area contributed by atoms with Gasteiger partial charge >= 0.3 is 0 Å². The molecule has 3 aromatic rings. The number of ether oxygens (including phenoxy) is 5. The highest BCUT2D eigenvalue weighted by molar-refractivity contribution is 5.86. The Bertz CT molecular complexity index is 1060. The Balaban J connectivity index is 1.47. The first kappa shape index (κ1) is 20.3. The van der Waals surface area contributed by atoms with Crippen LogP contribution in [-0.4, -0.2) is 42.9 Å². The predicted molar refractivity (Wildman–Crippen MR) is 115 cm³/mol. The van der Waals surface area contributed by atoms with Crippen molar-refractivity contribution in [1.82, 2.24) is 0 Å². The van der Waals surface area contributed by atoms with Crippen LogP contribution in [0.25, 0.3) is 10.8 Å². The lowest BCUT2D eigenvalue weighted by Crippen LogP contribution is -2.56. The third-order valence-corrected chi connectivity index (χ3v) is 6.07. The summed E-state index contributed by atoms with van der Waals surface area (Å²) in [6, 6.07) is 21.4. The van der Waals surface area contributed by atoms with E-state index in [0.29, 0.717) is 5.75 Å². The summed E-state index contributed by atoms with van der Waals surface area (Å²) in [5, 5.41) is 12.9. The van der Waals surface area contributed by atoms with Gasteiger partial charge in [-0.15, -0.1) is 0 Å². The minimum atomic E-state index is -1.05. The minimum Gasteiger partial charge on any atom is -0.497 e. The van der Waals surface area contributed by atoms with Gasteiger partial charge in [0, 0.05) is 5.56 Å². The zero-order valence-electron chi connectivity index (χ0n) is 17.7. The summed E-state index contributed by atoms with van der Waals surface area (Å²) in [6.07, 6.45) is -3.22. The summed E-state index contributed by atoms with van der Waals surface area (Å²) >= 11 is 0. The second-order valence-corrected chi connectivity index (χ2v) is 8.13. The van der Waals surface area contributed by atoms with Crippen LogP contribution in [0, 0.1) is 0 Å². The van der Waals surface area contributed by atoms with Gasteiger partial charge in [0.15, 0.2) is 11.9 Å². The van der Waals surface area contributed by atoms with Crippen molar-refractivity contribution < 1.29 is 28.8 Å². The molecule has 0 aromatic heterocycles. The number of aliphatic hydroxyl groups is 1. The predicted octanol–water partition coefficient (Wildman–Crippen LogP) is 3.99. The molecule has 0 aliphatic carbocycles. The summed E-state index contributed by atoms with van der Waals surface area (Å²) < 4.78 is 30.1. The van der Waals surface area contributed by atoms with Crippen molar-refractivity contribution in [1.29, 1.82) is 0 Å². The van der Waals surface area contributed by atoms with Crippen LogP contribution >= 0.6 is 0 Å². The monoisotopic (exact) mass is 422 g/mol. The Hall–Kier alpha value is -2.64. The van der Waals surface area contributed by atoms with E-state index in [1.165, 1.54) is 0 Å². The molecular formula is C25H26O6. The summed E-state index contributed by atoms with van der Waals surface area (Å²) in [7, 11) is 1.62. The second-order valence-electron chi connectivity index (χ2n) is 8.13. The van der Waals surface area contributed by atoms with E-state index in [9.17, 15) is 5.11 Å². The molecule has 0 spiro atoms. The van der Waals surface area contributed by atoms with Gasteiger partial charge in [0.1, 0.15) is 23.7 Å². The topological polar surface area (TPSA) is 66.4 Å². The molecule has 2 saturated heterocycles. The fraction of sp³-hybridized carbons (Fsp3) is 0.360. The highest BCUT2D eigenvalue weighted by Gasteiger charge is 2.57. The lowest BCUT2D eigenvalue weighted by molar-refractivity contribution is -0.242. The lowest BCUT2D eigenvalue weighted by Gasteiger charge is -2.38. The smallest absolute Gasteiger partial charge is 0.229 e. The minimum absolute atomic E-state index is 0.469. The van der Waals surface area contributed by atoms with Gasteiger partial charge in [0.2, 0.25) is 6.29 Å². The molecule has 2 heterocycles. The first-order valence-electron chi connectivity index (χ1n) is 10.5. The maximum atomic E-state index is 10.8. The van der Waals surface area contributed by atoms with Gasteiger partial charge in [-0.2, -0.15) is 0 Å². The van der Waals surface area contributed by atoms with E-state index < -0.39 is 36.5 Å². The Morgan fingerprint density at radius 1 is 0.871 bits per heavy atom. The molecule has 6 atom stereocenters. The molecule has 5 rings (SSSR count). The van der Waals surface area contributed by atoms with Crippen molar-refractivity contribution >= 4 is 10.8 Å². The summed E-state index contributed by atoms with van der Waals surface area (Å²) in [5.74, 6) is 0.310. The molecular weight excluding hydrogens is 396 g/mol. The van der Waals surface area contributed by atoms with Crippen molar-refractivity contribution in [3.05, 3.63) is 72.3 Å². The van der Waals surface area contributed by atoms with Crippen LogP contribution in [0.15, 0.2) is 66.7 Å². The van der Waals surface area contributed by atoms with Crippen LogP contribution in [0.1, 0.15) is 19.4 Å². The standard InChI is InChI=1S/C25H26O6/c1-15-21(26)22-23(24(28-15)29-18-13-11-17(27-3)12-14-18)31-25(2,30-22)20-10-6-8-16-7-4-5-9-19(16)20/h4-15,21-24,26H,1-3H3/t15-,21-,22+,23+,24-,25+/m0/s1. The molecule has 6 heteroatoms. The molecule has 6 nitrogen and oxygen atoms in total. The zero-order chi connectivity index (χ0) is 21.6. The molecule has 0 amide bonds. The molecule has 0 bridgehead atoms. The first-order valence-corrected chi connectivity index (χ1v) is 10.5. The molecule has 3 aromatic carbocycles.